The van der Waals surface area contributed by atoms with Gasteiger partial charge >= 0.3 is 6.18 Å². The van der Waals surface area contributed by atoms with Crippen molar-refractivity contribution in [3.63, 3.8) is 0 Å². The number of nitrogens with zero attached hydrogens (tertiary/aromatic N) is 1. The highest BCUT2D eigenvalue weighted by molar-refractivity contribution is 5.78. The summed E-state index contributed by atoms with van der Waals surface area (Å²) in [7, 11) is 0. The van der Waals surface area contributed by atoms with E-state index in [1.165, 1.54) is 12.1 Å². The zero-order valence-electron chi connectivity index (χ0n) is 16.0. The van der Waals surface area contributed by atoms with Gasteiger partial charge in [0.2, 0.25) is 5.91 Å². The average Bonchev–Trinajstić information content (AvgIpc) is 2.95. The summed E-state index contributed by atoms with van der Waals surface area (Å²) in [4.78, 5) is 14.0. The van der Waals surface area contributed by atoms with Crippen molar-refractivity contribution in [1.82, 2.24) is 10.2 Å². The summed E-state index contributed by atoms with van der Waals surface area (Å²) >= 11 is 0. The normalized spacial score (nSPS) is 17.9. The van der Waals surface area contributed by atoms with Gasteiger partial charge in [0, 0.05) is 32.2 Å². The fraction of sp³-hybridized carbons (Fsp3) is 0.650. The summed E-state index contributed by atoms with van der Waals surface area (Å²) in [6.45, 7) is 6.35. The molecular formula is C20H29F3N2O2. The molecule has 1 fully saturated rings. The standard InChI is InChI=1S/C20H29F3N2O2/c1-15(2)27-12-4-11-25-18(7-8-19(25)26)9-10-24-14-16-5-3-6-17(13-16)20(21,22)23/h3,5-6,13,15,18,24H,4,7-12,14H2,1-2H3/t18-/m1/s1. The van der Waals surface area contributed by atoms with Gasteiger partial charge in [-0.25, -0.2) is 0 Å². The van der Waals surface area contributed by atoms with Crippen LogP contribution in [0.2, 0.25) is 0 Å². The zero-order valence-corrected chi connectivity index (χ0v) is 16.0. The quantitative estimate of drug-likeness (QED) is 0.618. The molecule has 0 unspecified atom stereocenters. The zero-order chi connectivity index (χ0) is 19.9. The summed E-state index contributed by atoms with van der Waals surface area (Å²) in [5.74, 6) is 0.183. The highest BCUT2D eigenvalue weighted by atomic mass is 19.4. The molecular weight excluding hydrogens is 357 g/mol. The minimum atomic E-state index is -4.32. The van der Waals surface area contributed by atoms with Crippen LogP contribution in [0.15, 0.2) is 24.3 Å². The summed E-state index contributed by atoms with van der Waals surface area (Å²) < 4.78 is 43.8. The number of halogens is 3. The maximum absolute atomic E-state index is 12.7. The number of amides is 1. The monoisotopic (exact) mass is 386 g/mol. The number of benzene rings is 1. The van der Waals surface area contributed by atoms with Gasteiger partial charge in [0.15, 0.2) is 0 Å². The summed E-state index contributed by atoms with van der Waals surface area (Å²) in [6.07, 6.45) is -1.10. The molecule has 0 radical (unpaired) electrons. The summed E-state index contributed by atoms with van der Waals surface area (Å²) in [5, 5.41) is 3.19. The second-order valence-electron chi connectivity index (χ2n) is 7.22. The lowest BCUT2D eigenvalue weighted by atomic mass is 10.1. The topological polar surface area (TPSA) is 41.6 Å². The Hall–Kier alpha value is -1.60. The first-order valence-electron chi connectivity index (χ1n) is 9.55. The van der Waals surface area contributed by atoms with Gasteiger partial charge in [0.25, 0.3) is 0 Å². The molecule has 1 aromatic rings. The van der Waals surface area contributed by atoms with E-state index < -0.39 is 11.7 Å². The van der Waals surface area contributed by atoms with Gasteiger partial charge < -0.3 is 15.0 Å². The van der Waals surface area contributed by atoms with Crippen molar-refractivity contribution in [1.29, 1.82) is 0 Å². The number of hydrogen-bond acceptors (Lipinski definition) is 3. The number of hydrogen-bond donors (Lipinski definition) is 1. The van der Waals surface area contributed by atoms with Crippen LogP contribution in [-0.2, 0) is 22.3 Å². The van der Waals surface area contributed by atoms with Gasteiger partial charge in [-0.3, -0.25) is 4.79 Å². The van der Waals surface area contributed by atoms with E-state index in [1.807, 2.05) is 18.7 Å². The van der Waals surface area contributed by atoms with Crippen LogP contribution in [0.4, 0.5) is 13.2 Å². The molecule has 0 bridgehead atoms. The maximum Gasteiger partial charge on any atom is 0.416 e. The lowest BCUT2D eigenvalue weighted by molar-refractivity contribution is -0.137. The molecule has 1 saturated heterocycles. The third-order valence-corrected chi connectivity index (χ3v) is 4.68. The van der Waals surface area contributed by atoms with Gasteiger partial charge in [-0.05, 0) is 51.3 Å². The lowest BCUT2D eigenvalue weighted by Gasteiger charge is -2.25. The predicted octanol–water partition coefficient (Wildman–Crippen LogP) is 3.99. The highest BCUT2D eigenvalue weighted by Gasteiger charge is 2.31. The Morgan fingerprint density at radius 1 is 1.33 bits per heavy atom. The molecule has 7 heteroatoms. The van der Waals surface area contributed by atoms with Crippen molar-refractivity contribution < 1.29 is 22.7 Å². The van der Waals surface area contributed by atoms with Crippen molar-refractivity contribution in [3.8, 4) is 0 Å². The Balaban J connectivity index is 1.73. The predicted molar refractivity (Wildman–Crippen MR) is 98.2 cm³/mol. The molecule has 1 aliphatic rings. The van der Waals surface area contributed by atoms with Gasteiger partial charge in [0.05, 0.1) is 11.7 Å². The van der Waals surface area contributed by atoms with Crippen LogP contribution >= 0.6 is 0 Å². The number of ether oxygens (including phenoxy) is 1. The van der Waals surface area contributed by atoms with E-state index in [0.29, 0.717) is 38.2 Å². The second kappa shape index (κ2) is 10.1. The largest absolute Gasteiger partial charge is 0.416 e. The Morgan fingerprint density at radius 3 is 2.81 bits per heavy atom. The van der Waals surface area contributed by atoms with E-state index in [4.69, 9.17) is 4.74 Å². The molecule has 27 heavy (non-hydrogen) atoms. The number of nitrogens with one attached hydrogen (secondary N) is 1. The smallest absolute Gasteiger partial charge is 0.379 e. The fourth-order valence-corrected chi connectivity index (χ4v) is 3.31. The van der Waals surface area contributed by atoms with Crippen LogP contribution in [0.3, 0.4) is 0 Å². The van der Waals surface area contributed by atoms with Crippen molar-refractivity contribution >= 4 is 5.91 Å². The molecule has 0 spiro atoms. The number of carbonyl (C=O) groups is 1. The lowest BCUT2D eigenvalue weighted by Crippen LogP contribution is -2.36. The van der Waals surface area contributed by atoms with Gasteiger partial charge in [-0.1, -0.05) is 18.2 Å². The molecule has 1 atom stereocenters. The van der Waals surface area contributed by atoms with Crippen molar-refractivity contribution in [2.24, 2.45) is 0 Å². The van der Waals surface area contributed by atoms with Crippen molar-refractivity contribution in [3.05, 3.63) is 35.4 Å². The van der Waals surface area contributed by atoms with Crippen LogP contribution in [0.1, 0.15) is 50.7 Å². The van der Waals surface area contributed by atoms with E-state index in [9.17, 15) is 18.0 Å². The molecule has 1 aliphatic heterocycles. The molecule has 1 amide bonds. The first-order valence-corrected chi connectivity index (χ1v) is 9.55. The van der Waals surface area contributed by atoms with E-state index in [2.05, 4.69) is 5.32 Å². The van der Waals surface area contributed by atoms with Gasteiger partial charge in [-0.15, -0.1) is 0 Å². The average molecular weight is 386 g/mol. The SMILES string of the molecule is CC(C)OCCCN1C(=O)CC[C@@H]1CCNCc1cccc(C(F)(F)F)c1. The molecule has 0 aliphatic carbocycles. The maximum atomic E-state index is 12.7. The van der Waals surface area contributed by atoms with Crippen LogP contribution in [0.25, 0.3) is 0 Å². The number of likely N-dealkylation sites (tertiary alicyclic amines) is 1. The molecule has 4 nitrogen and oxygen atoms in total. The highest BCUT2D eigenvalue weighted by Crippen LogP contribution is 2.29. The van der Waals surface area contributed by atoms with Crippen LogP contribution < -0.4 is 5.32 Å². The van der Waals surface area contributed by atoms with E-state index in [1.54, 1.807) is 6.07 Å². The molecule has 0 saturated carbocycles. The Morgan fingerprint density at radius 2 is 2.11 bits per heavy atom. The summed E-state index contributed by atoms with van der Waals surface area (Å²) in [5.41, 5.74) is -0.0204. The van der Waals surface area contributed by atoms with Crippen LogP contribution in [0.5, 0.6) is 0 Å². The Kier molecular flexibility index (Phi) is 8.10. The number of carbonyl (C=O) groups excluding carboxylic acids is 1. The molecule has 2 rings (SSSR count). The third kappa shape index (κ3) is 7.14. The Labute approximate surface area is 159 Å². The first kappa shape index (κ1) is 21.7. The number of alkyl halides is 3. The van der Waals surface area contributed by atoms with Gasteiger partial charge in [0.1, 0.15) is 0 Å². The fourth-order valence-electron chi connectivity index (χ4n) is 3.31. The van der Waals surface area contributed by atoms with Crippen LogP contribution in [-0.4, -0.2) is 42.6 Å². The van der Waals surface area contributed by atoms with Crippen LogP contribution in [0, 0.1) is 0 Å². The molecule has 1 N–H and O–H groups in total. The second-order valence-corrected chi connectivity index (χ2v) is 7.22. The van der Waals surface area contributed by atoms with E-state index in [-0.39, 0.29) is 18.1 Å². The van der Waals surface area contributed by atoms with Crippen molar-refractivity contribution in [2.75, 3.05) is 19.7 Å². The number of rotatable bonds is 10. The minimum absolute atomic E-state index is 0.183. The molecule has 0 aromatic heterocycles. The minimum Gasteiger partial charge on any atom is -0.379 e. The summed E-state index contributed by atoms with van der Waals surface area (Å²) in [6, 6.07) is 5.56. The van der Waals surface area contributed by atoms with Crippen molar-refractivity contribution in [2.45, 2.75) is 64.4 Å². The van der Waals surface area contributed by atoms with E-state index in [0.717, 1.165) is 25.3 Å². The van der Waals surface area contributed by atoms with Gasteiger partial charge in [-0.2, -0.15) is 13.2 Å². The molecule has 1 heterocycles. The molecule has 1 aromatic carbocycles. The Bertz CT molecular complexity index is 605. The molecule has 152 valence electrons. The van der Waals surface area contributed by atoms with E-state index >= 15 is 0 Å². The third-order valence-electron chi connectivity index (χ3n) is 4.68. The first-order chi connectivity index (χ1) is 12.8.